The third-order valence-corrected chi connectivity index (χ3v) is 2.50. The lowest BCUT2D eigenvalue weighted by molar-refractivity contribution is -0.145. The predicted molar refractivity (Wildman–Crippen MR) is 66.8 cm³/mol. The first kappa shape index (κ1) is 15.9. The number of nitrogens with one attached hydrogen (secondary N) is 2. The van der Waals surface area contributed by atoms with Crippen molar-refractivity contribution in [3.63, 3.8) is 0 Å². The summed E-state index contributed by atoms with van der Waals surface area (Å²) in [4.78, 5) is 22.6. The highest BCUT2D eigenvalue weighted by Crippen LogP contribution is 2.16. The summed E-state index contributed by atoms with van der Waals surface area (Å²) >= 11 is 0. The molecule has 0 aliphatic carbocycles. The molecule has 0 rings (SSSR count). The van der Waals surface area contributed by atoms with E-state index in [1.807, 2.05) is 20.8 Å². The Morgan fingerprint density at radius 3 is 2.35 bits per heavy atom. The molecule has 1 amide bonds. The zero-order chi connectivity index (χ0) is 13.5. The molecule has 0 saturated heterocycles. The number of amides is 1. The summed E-state index contributed by atoms with van der Waals surface area (Å²) in [5.74, 6) is -0.833. The lowest BCUT2D eigenvalue weighted by Gasteiger charge is -2.27. The van der Waals surface area contributed by atoms with Crippen LogP contribution in [0.4, 0.5) is 0 Å². The van der Waals surface area contributed by atoms with Crippen molar-refractivity contribution < 1.29 is 14.7 Å². The van der Waals surface area contributed by atoms with Crippen LogP contribution in [0.5, 0.6) is 0 Å². The van der Waals surface area contributed by atoms with Crippen molar-refractivity contribution in [2.24, 2.45) is 5.92 Å². The van der Waals surface area contributed by atoms with Gasteiger partial charge in [0.2, 0.25) is 5.91 Å². The van der Waals surface area contributed by atoms with Gasteiger partial charge in [-0.15, -0.1) is 0 Å². The van der Waals surface area contributed by atoms with Gasteiger partial charge in [-0.25, -0.2) is 0 Å². The fourth-order valence-electron chi connectivity index (χ4n) is 1.65. The van der Waals surface area contributed by atoms with Crippen molar-refractivity contribution in [3.05, 3.63) is 0 Å². The van der Waals surface area contributed by atoms with Gasteiger partial charge in [0.05, 0.1) is 6.54 Å². The molecule has 1 atom stereocenters. The summed E-state index contributed by atoms with van der Waals surface area (Å²) in [5.41, 5.74) is -1.04. The van der Waals surface area contributed by atoms with Crippen LogP contribution in [-0.2, 0) is 9.59 Å². The highest BCUT2D eigenvalue weighted by atomic mass is 16.4. The van der Waals surface area contributed by atoms with Gasteiger partial charge >= 0.3 is 5.97 Å². The molecule has 0 aromatic carbocycles. The highest BCUT2D eigenvalue weighted by Gasteiger charge is 2.33. The minimum absolute atomic E-state index is 0.0372. The van der Waals surface area contributed by atoms with Crippen LogP contribution in [0.1, 0.15) is 40.5 Å². The van der Waals surface area contributed by atoms with Crippen LogP contribution in [0, 0.1) is 5.92 Å². The molecular weight excluding hydrogens is 220 g/mol. The van der Waals surface area contributed by atoms with E-state index < -0.39 is 11.5 Å². The first-order valence-corrected chi connectivity index (χ1v) is 6.07. The van der Waals surface area contributed by atoms with Gasteiger partial charge in [0.25, 0.3) is 0 Å². The Balaban J connectivity index is 4.27. The number of carbonyl (C=O) groups excluding carboxylic acids is 1. The van der Waals surface area contributed by atoms with Crippen LogP contribution in [-0.4, -0.2) is 35.6 Å². The zero-order valence-electron chi connectivity index (χ0n) is 11.2. The fourth-order valence-corrected chi connectivity index (χ4v) is 1.65. The highest BCUT2D eigenvalue weighted by molar-refractivity contribution is 5.81. The molecule has 0 saturated carbocycles. The topological polar surface area (TPSA) is 78.4 Å². The van der Waals surface area contributed by atoms with Gasteiger partial charge in [0.1, 0.15) is 5.54 Å². The average molecular weight is 244 g/mol. The van der Waals surface area contributed by atoms with E-state index in [-0.39, 0.29) is 18.4 Å². The Labute approximate surface area is 103 Å². The van der Waals surface area contributed by atoms with Crippen LogP contribution < -0.4 is 10.6 Å². The molecule has 1 unspecified atom stereocenters. The van der Waals surface area contributed by atoms with Crippen molar-refractivity contribution in [2.75, 3.05) is 13.1 Å². The molecule has 0 bridgehead atoms. The second-order valence-corrected chi connectivity index (χ2v) is 4.94. The van der Waals surface area contributed by atoms with E-state index in [4.69, 9.17) is 0 Å². The first-order valence-electron chi connectivity index (χ1n) is 6.07. The molecular formula is C12H24N2O3. The number of hydrogen-bond donors (Lipinski definition) is 3. The zero-order valence-corrected chi connectivity index (χ0v) is 11.2. The standard InChI is InChI=1S/C12H24N2O3/c1-5-6-13-10(15)8-14-12(4,11(16)17)7-9(2)3/h9,14H,5-8H2,1-4H3,(H,13,15)(H,16,17). The number of carboxylic acid groups (broad SMARTS) is 1. The van der Waals surface area contributed by atoms with Crippen molar-refractivity contribution in [1.82, 2.24) is 10.6 Å². The number of rotatable bonds is 8. The van der Waals surface area contributed by atoms with Gasteiger partial charge < -0.3 is 10.4 Å². The molecule has 0 spiro atoms. The van der Waals surface area contributed by atoms with Crippen molar-refractivity contribution >= 4 is 11.9 Å². The summed E-state index contributed by atoms with van der Waals surface area (Å²) < 4.78 is 0. The summed E-state index contributed by atoms with van der Waals surface area (Å²) in [5, 5.41) is 14.7. The molecule has 0 heterocycles. The minimum Gasteiger partial charge on any atom is -0.480 e. The van der Waals surface area contributed by atoms with Crippen LogP contribution in [0.2, 0.25) is 0 Å². The van der Waals surface area contributed by atoms with Gasteiger partial charge in [-0.05, 0) is 25.7 Å². The van der Waals surface area contributed by atoms with Gasteiger partial charge in [-0.2, -0.15) is 0 Å². The largest absolute Gasteiger partial charge is 0.480 e. The van der Waals surface area contributed by atoms with Crippen molar-refractivity contribution in [2.45, 2.75) is 46.1 Å². The van der Waals surface area contributed by atoms with Crippen LogP contribution in [0.25, 0.3) is 0 Å². The lowest BCUT2D eigenvalue weighted by Crippen LogP contribution is -2.53. The van der Waals surface area contributed by atoms with Gasteiger partial charge in [-0.1, -0.05) is 20.8 Å². The van der Waals surface area contributed by atoms with Crippen molar-refractivity contribution in [1.29, 1.82) is 0 Å². The summed E-state index contributed by atoms with van der Waals surface area (Å²) in [6.07, 6.45) is 1.36. The van der Waals surface area contributed by atoms with E-state index in [2.05, 4.69) is 10.6 Å². The molecule has 0 radical (unpaired) electrons. The van der Waals surface area contributed by atoms with E-state index in [9.17, 15) is 14.7 Å². The predicted octanol–water partition coefficient (Wildman–Crippen LogP) is 0.992. The molecule has 5 nitrogen and oxygen atoms in total. The van der Waals surface area contributed by atoms with E-state index in [1.54, 1.807) is 6.92 Å². The normalized spacial score (nSPS) is 14.4. The third-order valence-electron chi connectivity index (χ3n) is 2.50. The number of carbonyl (C=O) groups is 2. The minimum atomic E-state index is -1.04. The molecule has 0 fully saturated rings. The maximum absolute atomic E-state index is 11.4. The molecule has 0 aromatic heterocycles. The van der Waals surface area contributed by atoms with Gasteiger partial charge in [0.15, 0.2) is 0 Å². The summed E-state index contributed by atoms with van der Waals surface area (Å²) in [6, 6.07) is 0. The smallest absolute Gasteiger partial charge is 0.323 e. The first-order chi connectivity index (χ1) is 7.81. The summed E-state index contributed by atoms with van der Waals surface area (Å²) in [6.45, 7) is 8.15. The number of hydrogen-bond acceptors (Lipinski definition) is 3. The van der Waals surface area contributed by atoms with E-state index >= 15 is 0 Å². The Morgan fingerprint density at radius 1 is 1.35 bits per heavy atom. The van der Waals surface area contributed by atoms with Gasteiger partial charge in [-0.3, -0.25) is 14.9 Å². The Kier molecular flexibility index (Phi) is 6.80. The molecule has 17 heavy (non-hydrogen) atoms. The third kappa shape index (κ3) is 6.26. The SMILES string of the molecule is CCCNC(=O)CNC(C)(CC(C)C)C(=O)O. The van der Waals surface area contributed by atoms with Crippen LogP contribution >= 0.6 is 0 Å². The van der Waals surface area contributed by atoms with E-state index in [1.165, 1.54) is 0 Å². The molecule has 0 aliphatic rings. The average Bonchev–Trinajstić information content (AvgIpc) is 2.22. The van der Waals surface area contributed by atoms with Crippen LogP contribution in [0.3, 0.4) is 0 Å². The quantitative estimate of drug-likeness (QED) is 0.595. The fraction of sp³-hybridized carbons (Fsp3) is 0.833. The van der Waals surface area contributed by atoms with Crippen LogP contribution in [0.15, 0.2) is 0 Å². The van der Waals surface area contributed by atoms with Gasteiger partial charge in [0, 0.05) is 6.54 Å². The maximum Gasteiger partial charge on any atom is 0.323 e. The summed E-state index contributed by atoms with van der Waals surface area (Å²) in [7, 11) is 0. The van der Waals surface area contributed by atoms with E-state index in [0.717, 1.165) is 6.42 Å². The Hall–Kier alpha value is -1.10. The number of carboxylic acids is 1. The maximum atomic E-state index is 11.4. The Bertz CT molecular complexity index is 266. The molecule has 0 aliphatic heterocycles. The molecule has 0 aromatic rings. The molecule has 5 heteroatoms. The molecule has 100 valence electrons. The monoisotopic (exact) mass is 244 g/mol. The van der Waals surface area contributed by atoms with E-state index in [0.29, 0.717) is 13.0 Å². The van der Waals surface area contributed by atoms with Crippen molar-refractivity contribution in [3.8, 4) is 0 Å². The molecule has 3 N–H and O–H groups in total. The second kappa shape index (κ2) is 7.27. The lowest BCUT2D eigenvalue weighted by atomic mass is 9.91. The second-order valence-electron chi connectivity index (χ2n) is 4.94. The Morgan fingerprint density at radius 2 is 1.94 bits per heavy atom. The number of aliphatic carboxylic acids is 1.